The van der Waals surface area contributed by atoms with Crippen LogP contribution in [0.2, 0.25) is 0 Å². The fourth-order valence-electron chi connectivity index (χ4n) is 1.84. The van der Waals surface area contributed by atoms with Gasteiger partial charge in [-0.3, -0.25) is 0 Å². The third-order valence-electron chi connectivity index (χ3n) is 2.62. The maximum absolute atomic E-state index is 12.7. The van der Waals surface area contributed by atoms with Gasteiger partial charge in [0.25, 0.3) is 0 Å². The normalized spacial score (nSPS) is 15.5. The van der Waals surface area contributed by atoms with Gasteiger partial charge in [0.15, 0.2) is 5.92 Å². The minimum absolute atomic E-state index is 0.380. The van der Waals surface area contributed by atoms with E-state index in [0.29, 0.717) is 11.3 Å². The molecule has 0 spiro atoms. The lowest BCUT2D eigenvalue weighted by atomic mass is 9.87. The molecule has 0 fully saturated rings. The van der Waals surface area contributed by atoms with Crippen molar-refractivity contribution in [3.63, 3.8) is 0 Å². The minimum atomic E-state index is -5.71. The highest BCUT2D eigenvalue weighted by Crippen LogP contribution is 2.48. The number of rotatable bonds is 4. The Labute approximate surface area is 119 Å². The Kier molecular flexibility index (Phi) is 4.98. The number of hydrogen-bond donors (Lipinski definition) is 2. The SMILES string of the molecule is NS(=O)(=O)c1sccc1[C@@H](CO)C(C(F)(F)F)C(F)(F)F. The third kappa shape index (κ3) is 4.08. The standard InChI is InChI=1S/C9H9F6NO3S2/c10-8(11,12)6(9(13,14)15)5(3-17)4-1-2-20-7(4)21(16,18)19/h1-2,5-6,17H,3H2,(H2,16,18,19)/t5-/m1/s1. The molecule has 3 N–H and O–H groups in total. The second-order valence-electron chi connectivity index (χ2n) is 4.06. The van der Waals surface area contributed by atoms with Crippen molar-refractivity contribution >= 4 is 21.4 Å². The molecule has 0 radical (unpaired) electrons. The van der Waals surface area contributed by atoms with Crippen LogP contribution in [0, 0.1) is 5.92 Å². The maximum Gasteiger partial charge on any atom is 0.401 e. The Morgan fingerprint density at radius 1 is 1.19 bits per heavy atom. The van der Waals surface area contributed by atoms with Crippen LogP contribution in [0.3, 0.4) is 0 Å². The fourth-order valence-corrected chi connectivity index (χ4v) is 3.78. The summed E-state index contributed by atoms with van der Waals surface area (Å²) in [5.41, 5.74) is -0.801. The third-order valence-corrected chi connectivity index (χ3v) is 5.08. The van der Waals surface area contributed by atoms with Crippen LogP contribution in [0.4, 0.5) is 26.3 Å². The summed E-state index contributed by atoms with van der Waals surface area (Å²) in [6, 6.07) is 0.774. The van der Waals surface area contributed by atoms with Crippen molar-refractivity contribution in [2.24, 2.45) is 11.1 Å². The zero-order valence-electron chi connectivity index (χ0n) is 9.94. The molecule has 122 valence electrons. The maximum atomic E-state index is 12.7. The van der Waals surface area contributed by atoms with Crippen molar-refractivity contribution in [3.05, 3.63) is 17.0 Å². The van der Waals surface area contributed by atoms with Gasteiger partial charge < -0.3 is 5.11 Å². The summed E-state index contributed by atoms with van der Waals surface area (Å²) in [7, 11) is -4.50. The van der Waals surface area contributed by atoms with Crippen molar-refractivity contribution < 1.29 is 39.9 Å². The summed E-state index contributed by atoms with van der Waals surface area (Å²) in [6.45, 7) is -1.54. The Morgan fingerprint density at radius 3 is 2.00 bits per heavy atom. The van der Waals surface area contributed by atoms with Crippen molar-refractivity contribution in [3.8, 4) is 0 Å². The average Bonchev–Trinajstić information content (AvgIpc) is 2.69. The van der Waals surface area contributed by atoms with E-state index >= 15 is 0 Å². The lowest BCUT2D eigenvalue weighted by Crippen LogP contribution is -2.42. The number of nitrogens with two attached hydrogens (primary N) is 1. The lowest BCUT2D eigenvalue weighted by molar-refractivity contribution is -0.292. The van der Waals surface area contributed by atoms with Gasteiger partial charge in [0, 0.05) is 5.92 Å². The Balaban J connectivity index is 3.46. The van der Waals surface area contributed by atoms with E-state index in [4.69, 9.17) is 10.2 Å². The van der Waals surface area contributed by atoms with E-state index in [1.807, 2.05) is 0 Å². The molecule has 0 unspecified atom stereocenters. The van der Waals surface area contributed by atoms with Crippen molar-refractivity contribution in [1.82, 2.24) is 0 Å². The first-order chi connectivity index (χ1) is 9.30. The van der Waals surface area contributed by atoms with E-state index in [1.165, 1.54) is 0 Å². The van der Waals surface area contributed by atoms with Gasteiger partial charge in [-0.2, -0.15) is 26.3 Å². The van der Waals surface area contributed by atoms with Gasteiger partial charge in [0.1, 0.15) is 4.21 Å². The van der Waals surface area contributed by atoms with E-state index in [9.17, 15) is 34.8 Å². The van der Waals surface area contributed by atoms with Crippen molar-refractivity contribution in [2.75, 3.05) is 6.61 Å². The van der Waals surface area contributed by atoms with Gasteiger partial charge in [-0.15, -0.1) is 11.3 Å². The first kappa shape index (κ1) is 18.2. The van der Waals surface area contributed by atoms with E-state index in [1.54, 1.807) is 0 Å². The average molecular weight is 357 g/mol. The molecule has 1 rings (SSSR count). The molecule has 0 saturated carbocycles. The zero-order valence-corrected chi connectivity index (χ0v) is 11.6. The number of primary sulfonamides is 1. The van der Waals surface area contributed by atoms with Crippen LogP contribution in [0.25, 0.3) is 0 Å². The summed E-state index contributed by atoms with van der Waals surface area (Å²) in [5.74, 6) is -6.41. The van der Waals surface area contributed by atoms with Crippen molar-refractivity contribution in [1.29, 1.82) is 0 Å². The highest BCUT2D eigenvalue weighted by atomic mass is 32.2. The molecular weight excluding hydrogens is 348 g/mol. The van der Waals surface area contributed by atoms with Crippen molar-refractivity contribution in [2.45, 2.75) is 22.5 Å². The summed E-state index contributed by atoms with van der Waals surface area (Å²) in [4.78, 5) is 0. The monoisotopic (exact) mass is 357 g/mol. The van der Waals surface area contributed by atoms with Crippen LogP contribution >= 0.6 is 11.3 Å². The molecule has 0 amide bonds. The number of thiophene rings is 1. The van der Waals surface area contributed by atoms with Gasteiger partial charge in [-0.25, -0.2) is 13.6 Å². The highest BCUT2D eigenvalue weighted by Gasteiger charge is 2.60. The molecule has 1 heterocycles. The van der Waals surface area contributed by atoms with Gasteiger partial charge >= 0.3 is 12.4 Å². The Morgan fingerprint density at radius 2 is 1.67 bits per heavy atom. The molecule has 21 heavy (non-hydrogen) atoms. The summed E-state index contributed by atoms with van der Waals surface area (Å²) in [5, 5.41) is 14.7. The second-order valence-corrected chi connectivity index (χ2v) is 6.73. The molecule has 4 nitrogen and oxygen atoms in total. The fraction of sp³-hybridized carbons (Fsp3) is 0.556. The van der Waals surface area contributed by atoms with Crippen LogP contribution in [-0.4, -0.2) is 32.5 Å². The molecule has 0 aliphatic heterocycles. The molecule has 1 atom stereocenters. The highest BCUT2D eigenvalue weighted by molar-refractivity contribution is 7.91. The quantitative estimate of drug-likeness (QED) is 0.811. The van der Waals surface area contributed by atoms with Gasteiger partial charge in [0.05, 0.1) is 6.61 Å². The number of aliphatic hydroxyl groups is 1. The minimum Gasteiger partial charge on any atom is -0.396 e. The molecule has 0 aliphatic carbocycles. The van der Waals surface area contributed by atoms with Crippen LogP contribution in [0.1, 0.15) is 11.5 Å². The molecule has 0 aromatic carbocycles. The van der Waals surface area contributed by atoms with Gasteiger partial charge in [0.2, 0.25) is 10.0 Å². The Bertz CT molecular complexity index is 577. The van der Waals surface area contributed by atoms with E-state index in [-0.39, 0.29) is 0 Å². The van der Waals surface area contributed by atoms with E-state index in [0.717, 1.165) is 11.4 Å². The van der Waals surface area contributed by atoms with Crippen LogP contribution in [-0.2, 0) is 10.0 Å². The lowest BCUT2D eigenvalue weighted by Gasteiger charge is -2.29. The summed E-state index contributed by atoms with van der Waals surface area (Å²) < 4.78 is 97.6. The van der Waals surface area contributed by atoms with Gasteiger partial charge in [-0.1, -0.05) is 0 Å². The smallest absolute Gasteiger partial charge is 0.396 e. The van der Waals surface area contributed by atoms with E-state index < -0.39 is 50.6 Å². The molecule has 1 aromatic heterocycles. The topological polar surface area (TPSA) is 80.4 Å². The molecular formula is C9H9F6NO3S2. The number of sulfonamides is 1. The second kappa shape index (κ2) is 5.74. The molecule has 1 aromatic rings. The first-order valence-corrected chi connectivity index (χ1v) is 7.57. The van der Waals surface area contributed by atoms with Crippen LogP contribution in [0.15, 0.2) is 15.7 Å². The molecule has 0 saturated heterocycles. The zero-order chi connectivity index (χ0) is 16.6. The van der Waals surface area contributed by atoms with Crippen LogP contribution < -0.4 is 5.14 Å². The number of alkyl halides is 6. The predicted octanol–water partition coefficient (Wildman–Crippen LogP) is 2.21. The molecule has 0 bridgehead atoms. The molecule has 0 aliphatic rings. The number of halogens is 6. The summed E-state index contributed by atoms with van der Waals surface area (Å²) >= 11 is 0.380. The van der Waals surface area contributed by atoms with Crippen LogP contribution in [0.5, 0.6) is 0 Å². The van der Waals surface area contributed by atoms with E-state index in [2.05, 4.69) is 0 Å². The number of aliphatic hydroxyl groups excluding tert-OH is 1. The number of hydrogen-bond acceptors (Lipinski definition) is 4. The van der Waals surface area contributed by atoms with Gasteiger partial charge in [-0.05, 0) is 17.0 Å². The Hall–Kier alpha value is -0.850. The summed E-state index contributed by atoms with van der Waals surface area (Å²) in [6.07, 6.45) is -11.4. The largest absolute Gasteiger partial charge is 0.401 e. The predicted molar refractivity (Wildman–Crippen MR) is 61.1 cm³/mol. The molecule has 12 heteroatoms. The first-order valence-electron chi connectivity index (χ1n) is 5.14.